The summed E-state index contributed by atoms with van der Waals surface area (Å²) in [5.41, 5.74) is 18.4. The molecule has 4 aromatic heterocycles. The Bertz CT molecular complexity index is 2110. The molecule has 4 heterocycles. The molecule has 2 aromatic carbocycles. The number of nitrogens with one attached hydrogen (secondary N) is 1. The topological polar surface area (TPSA) is 160 Å². The molecule has 2 amide bonds. The van der Waals surface area contributed by atoms with E-state index >= 15 is 0 Å². The van der Waals surface area contributed by atoms with E-state index in [0.717, 1.165) is 46.9 Å². The average Bonchev–Trinajstić information content (AvgIpc) is 3.91. The summed E-state index contributed by atoms with van der Waals surface area (Å²) in [5, 5.41) is 6.83. The van der Waals surface area contributed by atoms with Gasteiger partial charge >= 0.3 is 0 Å². The molecule has 250 valence electrons. The van der Waals surface area contributed by atoms with Crippen LogP contribution in [0.1, 0.15) is 62.5 Å². The molecule has 0 saturated heterocycles. The van der Waals surface area contributed by atoms with Crippen LogP contribution in [-0.2, 0) is 17.6 Å². The van der Waals surface area contributed by atoms with Gasteiger partial charge in [-0.1, -0.05) is 45.7 Å². The van der Waals surface area contributed by atoms with E-state index in [1.165, 1.54) is 23.6 Å². The van der Waals surface area contributed by atoms with Crippen LogP contribution in [0, 0.1) is 11.8 Å². The number of carbonyl (C=O) groups excluding carboxylic acids is 2. The fourth-order valence-electron chi connectivity index (χ4n) is 5.23. The summed E-state index contributed by atoms with van der Waals surface area (Å²) in [6.07, 6.45) is 8.76. The van der Waals surface area contributed by atoms with Crippen molar-refractivity contribution >= 4 is 34.5 Å². The summed E-state index contributed by atoms with van der Waals surface area (Å²) in [6.45, 7) is 9.57. The summed E-state index contributed by atoms with van der Waals surface area (Å²) in [7, 11) is 0. The van der Waals surface area contributed by atoms with Crippen LogP contribution in [0.5, 0.6) is 0 Å². The molecular formula is C38H41N9O2. The number of benzene rings is 2. The highest BCUT2D eigenvalue weighted by molar-refractivity contribution is 6.04. The van der Waals surface area contributed by atoms with Crippen molar-refractivity contribution in [3.63, 3.8) is 0 Å². The summed E-state index contributed by atoms with van der Waals surface area (Å²) in [4.78, 5) is 36.0. The fraction of sp³-hybridized carbons (Fsp3) is 0.211. The molecule has 0 aliphatic heterocycles. The number of carbonyl (C=O) groups is 2. The lowest BCUT2D eigenvalue weighted by molar-refractivity contribution is -0.111. The van der Waals surface area contributed by atoms with Gasteiger partial charge < -0.3 is 16.8 Å². The molecule has 0 saturated carbocycles. The van der Waals surface area contributed by atoms with E-state index in [9.17, 15) is 9.59 Å². The maximum atomic E-state index is 11.1. The number of imidazole rings is 1. The maximum Gasteiger partial charge on any atom is 0.300 e. The van der Waals surface area contributed by atoms with Gasteiger partial charge in [-0.15, -0.1) is 0 Å². The Morgan fingerprint density at radius 1 is 0.878 bits per heavy atom. The number of aromatic nitrogens is 6. The number of hydrogen-bond donors (Lipinski definition) is 3. The molecule has 0 spiro atoms. The minimum Gasteiger partial charge on any atom is -0.383 e. The normalized spacial score (nSPS) is 10.9. The first-order chi connectivity index (χ1) is 23.9. The van der Waals surface area contributed by atoms with Crippen LogP contribution < -0.4 is 16.8 Å². The molecule has 0 fully saturated rings. The molecule has 1 aliphatic rings. The molecule has 11 heteroatoms. The third-order valence-electron chi connectivity index (χ3n) is 7.29. The highest BCUT2D eigenvalue weighted by Crippen LogP contribution is 2.32. The predicted molar refractivity (Wildman–Crippen MR) is 195 cm³/mol. The summed E-state index contributed by atoms with van der Waals surface area (Å²) in [5.74, 6) is 5.76. The number of nitrogens with two attached hydrogens (primary N) is 2. The van der Waals surface area contributed by atoms with Crippen LogP contribution in [0.4, 0.5) is 11.5 Å². The second-order valence-electron chi connectivity index (χ2n) is 10.3. The van der Waals surface area contributed by atoms with Gasteiger partial charge in [-0.05, 0) is 104 Å². The van der Waals surface area contributed by atoms with Crippen LogP contribution in [0.25, 0.3) is 34.1 Å². The van der Waals surface area contributed by atoms with Crippen LogP contribution >= 0.6 is 0 Å². The number of nitrogen functional groups attached to an aromatic ring is 1. The van der Waals surface area contributed by atoms with Crippen molar-refractivity contribution in [3.8, 4) is 34.7 Å². The summed E-state index contributed by atoms with van der Waals surface area (Å²) < 4.78 is 3.83. The SMILES string of the molecule is CC.CC.CC#CC(=O)Nc1cccc(C(N)=O)c1.Nc1ncccc1-c1nc2ccc(-n3cccn3)nc2n1-c1ccc2c(c1)CCC2. The number of pyridine rings is 2. The Labute approximate surface area is 286 Å². The van der Waals surface area contributed by atoms with E-state index in [1.807, 2.05) is 64.2 Å². The Kier molecular flexibility index (Phi) is 12.4. The van der Waals surface area contributed by atoms with Crippen LogP contribution in [0.15, 0.2) is 91.4 Å². The quantitative estimate of drug-likeness (QED) is 0.178. The Morgan fingerprint density at radius 2 is 1.67 bits per heavy atom. The number of hydrogen-bond acceptors (Lipinski definition) is 7. The zero-order valence-electron chi connectivity index (χ0n) is 28.4. The van der Waals surface area contributed by atoms with E-state index in [0.29, 0.717) is 17.1 Å². The van der Waals surface area contributed by atoms with Gasteiger partial charge in [0.15, 0.2) is 17.3 Å². The number of primary amides is 1. The van der Waals surface area contributed by atoms with E-state index in [1.54, 1.807) is 42.2 Å². The van der Waals surface area contributed by atoms with E-state index < -0.39 is 11.8 Å². The summed E-state index contributed by atoms with van der Waals surface area (Å²) in [6, 6.07) is 22.6. The molecule has 6 aromatic rings. The van der Waals surface area contributed by atoms with Crippen molar-refractivity contribution in [3.05, 3.63) is 108 Å². The lowest BCUT2D eigenvalue weighted by Gasteiger charge is -2.12. The minimum absolute atomic E-state index is 0.345. The molecular weight excluding hydrogens is 614 g/mol. The van der Waals surface area contributed by atoms with Gasteiger partial charge in [-0.2, -0.15) is 5.10 Å². The first kappa shape index (κ1) is 35.6. The second kappa shape index (κ2) is 17.0. The van der Waals surface area contributed by atoms with Crippen molar-refractivity contribution in [2.45, 2.75) is 53.9 Å². The first-order valence-electron chi connectivity index (χ1n) is 16.3. The van der Waals surface area contributed by atoms with Crippen LogP contribution in [0.3, 0.4) is 0 Å². The number of aryl methyl sites for hydroxylation is 2. The zero-order chi connectivity index (χ0) is 35.3. The van der Waals surface area contributed by atoms with Gasteiger partial charge in [0.2, 0.25) is 5.91 Å². The molecule has 7 rings (SSSR count). The lowest BCUT2D eigenvalue weighted by atomic mass is 10.1. The molecule has 0 radical (unpaired) electrons. The van der Waals surface area contributed by atoms with Gasteiger partial charge in [-0.25, -0.2) is 19.6 Å². The average molecular weight is 656 g/mol. The molecule has 0 unspecified atom stereocenters. The van der Waals surface area contributed by atoms with Crippen molar-refractivity contribution < 1.29 is 9.59 Å². The molecule has 11 nitrogen and oxygen atoms in total. The van der Waals surface area contributed by atoms with E-state index in [-0.39, 0.29) is 0 Å². The number of anilines is 2. The molecule has 5 N–H and O–H groups in total. The van der Waals surface area contributed by atoms with Gasteiger partial charge in [0, 0.05) is 35.5 Å². The van der Waals surface area contributed by atoms with Gasteiger partial charge in [0.25, 0.3) is 5.91 Å². The van der Waals surface area contributed by atoms with Crippen LogP contribution in [0.2, 0.25) is 0 Å². The lowest BCUT2D eigenvalue weighted by Crippen LogP contribution is -2.13. The standard InChI is InChI=1S/C23H19N7.C11H10N2O2.2C2H6/c24-21-18(6-2-11-25-21)22-27-19-9-10-20(29-13-3-12-26-29)28-23(19)30(22)17-8-7-15-4-1-5-16(15)14-17;1-2-4-10(14)13-9-6-3-5-8(7-9)11(12)15;2*1-2/h2-3,6-14H,1,4-5H2,(H2,24,25);3,5-7H,1H3,(H2,12,15)(H,13,14);2*1-2H3. The van der Waals surface area contributed by atoms with Crippen molar-refractivity contribution in [1.29, 1.82) is 0 Å². The van der Waals surface area contributed by atoms with Crippen molar-refractivity contribution in [2.75, 3.05) is 11.1 Å². The Hall–Kier alpha value is -6.28. The predicted octanol–water partition coefficient (Wildman–Crippen LogP) is 6.54. The smallest absolute Gasteiger partial charge is 0.300 e. The fourth-order valence-corrected chi connectivity index (χ4v) is 5.23. The minimum atomic E-state index is -0.535. The highest BCUT2D eigenvalue weighted by atomic mass is 16.1. The zero-order valence-corrected chi connectivity index (χ0v) is 28.4. The third-order valence-corrected chi connectivity index (χ3v) is 7.29. The van der Waals surface area contributed by atoms with Gasteiger partial charge in [-0.3, -0.25) is 14.2 Å². The largest absolute Gasteiger partial charge is 0.383 e. The number of amides is 2. The first-order valence-corrected chi connectivity index (χ1v) is 16.3. The van der Waals surface area contributed by atoms with Gasteiger partial charge in [0.05, 0.1) is 5.56 Å². The van der Waals surface area contributed by atoms with Crippen molar-refractivity contribution in [1.82, 2.24) is 29.3 Å². The van der Waals surface area contributed by atoms with E-state index in [2.05, 4.69) is 50.0 Å². The molecule has 0 bridgehead atoms. The molecule has 0 atom stereocenters. The molecule has 1 aliphatic carbocycles. The third kappa shape index (κ3) is 8.36. The second-order valence-corrected chi connectivity index (χ2v) is 10.3. The van der Waals surface area contributed by atoms with E-state index in [4.69, 9.17) is 21.4 Å². The summed E-state index contributed by atoms with van der Waals surface area (Å²) >= 11 is 0. The van der Waals surface area contributed by atoms with Gasteiger partial charge in [0.1, 0.15) is 11.3 Å². The number of nitrogens with zero attached hydrogens (tertiary/aromatic N) is 6. The van der Waals surface area contributed by atoms with Crippen molar-refractivity contribution in [2.24, 2.45) is 5.73 Å². The number of rotatable bonds is 5. The maximum absolute atomic E-state index is 11.1. The monoisotopic (exact) mass is 655 g/mol. The Morgan fingerprint density at radius 3 is 2.39 bits per heavy atom. The number of fused-ring (bicyclic) bond motifs is 2. The van der Waals surface area contributed by atoms with Crippen LogP contribution in [-0.4, -0.2) is 41.1 Å². The Balaban J connectivity index is 0.000000242. The highest BCUT2D eigenvalue weighted by Gasteiger charge is 2.20. The molecule has 49 heavy (non-hydrogen) atoms.